The van der Waals surface area contributed by atoms with Gasteiger partial charge in [0.05, 0.1) is 79.9 Å². The number of hydrogen-bond donors (Lipinski definition) is 0. The standard InChI is InChI=1S/C57H52O16S4/c1-66-49-21-5-41(6-22-49)45-13-29-53(30-14-45)74(58,59)70-37-57(38-71-75(60,61)54-31-15-46(16-32-54)42-7-23-50(67-2)24-8-42,39-72-76(62,63)55-33-17-47(18-34-55)43-9-25-51(68-3)26-10-43)40-73-77(64,65)56-35-19-48(20-36-56)44-11-27-52(69-4)28-12-44/h5-36H,37-40H2,1-4H3. The van der Waals surface area contributed by atoms with E-state index in [1.807, 2.05) is 0 Å². The molecule has 400 valence electrons. The quantitative estimate of drug-likeness (QED) is 0.0515. The summed E-state index contributed by atoms with van der Waals surface area (Å²) in [4.78, 5) is -1.37. The molecule has 0 saturated carbocycles. The van der Waals surface area contributed by atoms with Gasteiger partial charge in [0, 0.05) is 0 Å². The molecule has 0 radical (unpaired) electrons. The average molecular weight is 1120 g/mol. The van der Waals surface area contributed by atoms with Gasteiger partial charge in [0.2, 0.25) is 0 Å². The molecule has 0 spiro atoms. The maximum Gasteiger partial charge on any atom is 0.296 e. The third-order valence-corrected chi connectivity index (χ3v) is 17.5. The first-order chi connectivity index (χ1) is 36.8. The first-order valence-electron chi connectivity index (χ1n) is 23.4. The van der Waals surface area contributed by atoms with E-state index in [4.69, 9.17) is 35.7 Å². The van der Waals surface area contributed by atoms with Gasteiger partial charge in [0.15, 0.2) is 0 Å². The van der Waals surface area contributed by atoms with Gasteiger partial charge < -0.3 is 18.9 Å². The molecule has 0 bridgehead atoms. The Morgan fingerprint density at radius 1 is 0.247 bits per heavy atom. The molecule has 0 atom stereocenters. The van der Waals surface area contributed by atoms with Crippen molar-refractivity contribution in [2.45, 2.75) is 19.6 Å². The van der Waals surface area contributed by atoms with E-state index >= 15 is 0 Å². The number of hydrogen-bond acceptors (Lipinski definition) is 16. The molecule has 0 saturated heterocycles. The predicted octanol–water partition coefficient (Wildman–Crippen LogP) is 10.3. The summed E-state index contributed by atoms with van der Waals surface area (Å²) >= 11 is 0. The fourth-order valence-corrected chi connectivity index (χ4v) is 11.8. The number of rotatable bonds is 24. The van der Waals surface area contributed by atoms with E-state index in [1.165, 1.54) is 126 Å². The summed E-state index contributed by atoms with van der Waals surface area (Å²) in [7, 11) is -13.0. The second-order valence-electron chi connectivity index (χ2n) is 17.4. The van der Waals surface area contributed by atoms with Crippen molar-refractivity contribution in [2.75, 3.05) is 54.9 Å². The lowest BCUT2D eigenvalue weighted by Crippen LogP contribution is -2.44. The smallest absolute Gasteiger partial charge is 0.296 e. The predicted molar refractivity (Wildman–Crippen MR) is 289 cm³/mol. The maximum absolute atomic E-state index is 14.1. The van der Waals surface area contributed by atoms with Gasteiger partial charge in [-0.2, -0.15) is 33.7 Å². The van der Waals surface area contributed by atoms with Gasteiger partial charge in [0.25, 0.3) is 40.5 Å². The fourth-order valence-electron chi connectivity index (χ4n) is 7.72. The van der Waals surface area contributed by atoms with E-state index in [-0.39, 0.29) is 19.6 Å². The summed E-state index contributed by atoms with van der Waals surface area (Å²) in [5.41, 5.74) is 3.18. The minimum absolute atomic E-state index is 0.342. The summed E-state index contributed by atoms with van der Waals surface area (Å²) in [6.45, 7) is -4.50. The highest BCUT2D eigenvalue weighted by molar-refractivity contribution is 7.87. The molecule has 0 aliphatic rings. The van der Waals surface area contributed by atoms with E-state index in [0.717, 1.165) is 22.3 Å². The molecule has 0 aliphatic heterocycles. The van der Waals surface area contributed by atoms with Gasteiger partial charge in [-0.3, -0.25) is 16.7 Å². The van der Waals surface area contributed by atoms with Gasteiger partial charge in [-0.05, 0) is 142 Å². The normalized spacial score (nSPS) is 12.2. The molecule has 20 heteroatoms. The van der Waals surface area contributed by atoms with E-state index in [2.05, 4.69) is 0 Å². The van der Waals surface area contributed by atoms with Crippen molar-refractivity contribution in [3.8, 4) is 67.5 Å². The monoisotopic (exact) mass is 1120 g/mol. The Hall–Kier alpha value is -7.40. The van der Waals surface area contributed by atoms with E-state index in [9.17, 15) is 33.7 Å². The number of ether oxygens (including phenoxy) is 4. The van der Waals surface area contributed by atoms with Crippen LogP contribution in [0.5, 0.6) is 23.0 Å². The van der Waals surface area contributed by atoms with Crippen LogP contribution in [0.4, 0.5) is 0 Å². The molecule has 16 nitrogen and oxygen atoms in total. The van der Waals surface area contributed by atoms with Crippen molar-refractivity contribution in [1.29, 1.82) is 0 Å². The lowest BCUT2D eigenvalue weighted by atomic mass is 9.93. The van der Waals surface area contributed by atoms with Gasteiger partial charge in [0.1, 0.15) is 23.0 Å². The van der Waals surface area contributed by atoms with Crippen LogP contribution >= 0.6 is 0 Å². The first kappa shape index (κ1) is 55.8. The Morgan fingerprint density at radius 3 is 0.532 bits per heavy atom. The Morgan fingerprint density at radius 2 is 0.390 bits per heavy atom. The molecule has 0 unspecified atom stereocenters. The zero-order valence-corrected chi connectivity index (χ0v) is 45.2. The minimum atomic E-state index is -4.79. The average Bonchev–Trinajstić information content (AvgIpc) is 3.47. The maximum atomic E-state index is 14.1. The van der Waals surface area contributed by atoms with Gasteiger partial charge in [-0.25, -0.2) is 0 Å². The van der Waals surface area contributed by atoms with Crippen molar-refractivity contribution in [2.24, 2.45) is 5.41 Å². The van der Waals surface area contributed by atoms with Crippen LogP contribution in [0.15, 0.2) is 214 Å². The van der Waals surface area contributed by atoms with Crippen LogP contribution in [0.3, 0.4) is 0 Å². The highest BCUT2D eigenvalue weighted by Gasteiger charge is 2.41. The third kappa shape index (κ3) is 13.8. The second-order valence-corrected chi connectivity index (χ2v) is 23.8. The van der Waals surface area contributed by atoms with Gasteiger partial charge in [-0.1, -0.05) is 97.1 Å². The Bertz CT molecular complexity index is 3220. The second kappa shape index (κ2) is 23.9. The molecule has 0 N–H and O–H groups in total. The SMILES string of the molecule is COc1ccc(-c2ccc(S(=O)(=O)OCC(COS(=O)(=O)c3ccc(-c4ccc(OC)cc4)cc3)(COS(=O)(=O)c3ccc(-c4ccc(OC)cc4)cc3)COS(=O)(=O)c3ccc(-c4ccc(OC)cc4)cc3)cc2)cc1. The molecule has 8 rings (SSSR count). The van der Waals surface area contributed by atoms with Crippen molar-refractivity contribution in [3.63, 3.8) is 0 Å². The summed E-state index contributed by atoms with van der Waals surface area (Å²) in [5.74, 6) is 2.46. The number of methoxy groups -OCH3 is 4. The minimum Gasteiger partial charge on any atom is -0.497 e. The van der Waals surface area contributed by atoms with Crippen LogP contribution in [-0.4, -0.2) is 88.5 Å². The van der Waals surface area contributed by atoms with Crippen LogP contribution in [-0.2, 0) is 57.2 Å². The Labute approximate surface area is 448 Å². The summed E-state index contributed by atoms with van der Waals surface area (Å²) in [6, 6.07) is 50.6. The third-order valence-electron chi connectivity index (χ3n) is 12.3. The molecule has 0 fully saturated rings. The topological polar surface area (TPSA) is 210 Å². The fraction of sp³-hybridized carbons (Fsp3) is 0.158. The lowest BCUT2D eigenvalue weighted by molar-refractivity contribution is 0.00406. The molecule has 0 aliphatic carbocycles. The van der Waals surface area contributed by atoms with Crippen LogP contribution in [0, 0.1) is 5.41 Å². The largest absolute Gasteiger partial charge is 0.497 e. The summed E-state index contributed by atoms with van der Waals surface area (Å²) in [5, 5.41) is 0. The zero-order chi connectivity index (χ0) is 54.9. The molecular formula is C57H52O16S4. The Balaban J connectivity index is 1.13. The molecule has 0 heterocycles. The highest BCUT2D eigenvalue weighted by atomic mass is 32.2. The van der Waals surface area contributed by atoms with Crippen molar-refractivity contribution in [3.05, 3.63) is 194 Å². The molecule has 8 aromatic carbocycles. The molecule has 77 heavy (non-hydrogen) atoms. The van der Waals surface area contributed by atoms with Crippen molar-refractivity contribution < 1.29 is 69.4 Å². The van der Waals surface area contributed by atoms with E-state index < -0.39 is 72.3 Å². The zero-order valence-electron chi connectivity index (χ0n) is 42.0. The Kier molecular flexibility index (Phi) is 17.3. The van der Waals surface area contributed by atoms with Crippen molar-refractivity contribution in [1.82, 2.24) is 0 Å². The number of benzene rings is 8. The molecule has 0 aromatic heterocycles. The van der Waals surface area contributed by atoms with E-state index in [0.29, 0.717) is 45.3 Å². The van der Waals surface area contributed by atoms with Crippen molar-refractivity contribution >= 4 is 40.5 Å². The van der Waals surface area contributed by atoms with Gasteiger partial charge >= 0.3 is 0 Å². The van der Waals surface area contributed by atoms with Crippen LogP contribution < -0.4 is 18.9 Å². The van der Waals surface area contributed by atoms with E-state index in [1.54, 1.807) is 97.1 Å². The van der Waals surface area contributed by atoms with Crippen LogP contribution in [0.2, 0.25) is 0 Å². The van der Waals surface area contributed by atoms with Crippen LogP contribution in [0.1, 0.15) is 0 Å². The van der Waals surface area contributed by atoms with Gasteiger partial charge in [-0.15, -0.1) is 0 Å². The highest BCUT2D eigenvalue weighted by Crippen LogP contribution is 2.33. The molecular weight excluding hydrogens is 1070 g/mol. The molecule has 8 aromatic rings. The summed E-state index contributed by atoms with van der Waals surface area (Å²) in [6.07, 6.45) is 0. The lowest BCUT2D eigenvalue weighted by Gasteiger charge is -2.31. The van der Waals surface area contributed by atoms with Crippen LogP contribution in [0.25, 0.3) is 44.5 Å². The summed E-state index contributed by atoms with van der Waals surface area (Å²) < 4.78 is 156. The first-order valence-corrected chi connectivity index (χ1v) is 29.0. The molecule has 0 amide bonds.